The lowest BCUT2D eigenvalue weighted by Crippen LogP contribution is -2.39. The predicted octanol–water partition coefficient (Wildman–Crippen LogP) is 1.79. The Balaban J connectivity index is 2.17. The van der Waals surface area contributed by atoms with E-state index in [9.17, 15) is 0 Å². The third-order valence-corrected chi connectivity index (χ3v) is 3.95. The molecule has 1 fully saturated rings. The van der Waals surface area contributed by atoms with Crippen molar-refractivity contribution < 1.29 is 0 Å². The molecule has 0 amide bonds. The van der Waals surface area contributed by atoms with Crippen molar-refractivity contribution in [2.75, 3.05) is 33.2 Å². The molecule has 2 atom stereocenters. The molecule has 102 valence electrons. The molecule has 0 radical (unpaired) electrons. The maximum atomic E-state index is 3.64. The van der Waals surface area contributed by atoms with E-state index in [1.165, 1.54) is 39.0 Å². The first-order chi connectivity index (χ1) is 8.02. The molecule has 2 unspecified atom stereocenters. The Labute approximate surface area is 108 Å². The Kier molecular flexibility index (Phi) is 6.45. The molecule has 3 nitrogen and oxygen atoms in total. The number of likely N-dealkylation sites (N-methyl/N-ethyl adjacent to an activating group) is 1. The summed E-state index contributed by atoms with van der Waals surface area (Å²) in [6, 6.07) is 2.04. The van der Waals surface area contributed by atoms with Gasteiger partial charge in [-0.15, -0.1) is 0 Å². The molecule has 1 saturated heterocycles. The van der Waals surface area contributed by atoms with Gasteiger partial charge >= 0.3 is 0 Å². The lowest BCUT2D eigenvalue weighted by Gasteiger charge is -2.26. The Morgan fingerprint density at radius 1 is 1.35 bits per heavy atom. The van der Waals surface area contributed by atoms with Crippen molar-refractivity contribution in [1.82, 2.24) is 15.1 Å². The molecule has 1 rings (SSSR count). The summed E-state index contributed by atoms with van der Waals surface area (Å²) in [6.07, 6.45) is 2.55. The third-order valence-electron chi connectivity index (χ3n) is 3.95. The van der Waals surface area contributed by atoms with E-state index in [4.69, 9.17) is 0 Å². The van der Waals surface area contributed by atoms with Gasteiger partial charge in [0.25, 0.3) is 0 Å². The molecule has 0 bridgehead atoms. The van der Waals surface area contributed by atoms with Gasteiger partial charge in [0.2, 0.25) is 0 Å². The zero-order valence-corrected chi connectivity index (χ0v) is 12.4. The van der Waals surface area contributed by atoms with Gasteiger partial charge in [0, 0.05) is 37.8 Å². The molecule has 1 N–H and O–H groups in total. The van der Waals surface area contributed by atoms with Crippen LogP contribution in [0.4, 0.5) is 0 Å². The van der Waals surface area contributed by atoms with Crippen molar-refractivity contribution in [2.45, 2.75) is 58.7 Å². The van der Waals surface area contributed by atoms with E-state index in [-0.39, 0.29) is 0 Å². The highest BCUT2D eigenvalue weighted by atomic mass is 15.2. The van der Waals surface area contributed by atoms with Gasteiger partial charge in [0.15, 0.2) is 0 Å². The molecule has 3 heteroatoms. The summed E-state index contributed by atoms with van der Waals surface area (Å²) >= 11 is 0. The van der Waals surface area contributed by atoms with Gasteiger partial charge in [-0.25, -0.2) is 0 Å². The largest absolute Gasteiger partial charge is 0.310 e. The lowest BCUT2D eigenvalue weighted by molar-refractivity contribution is 0.209. The van der Waals surface area contributed by atoms with Crippen molar-refractivity contribution in [3.63, 3.8) is 0 Å². The predicted molar refractivity (Wildman–Crippen MR) is 75.5 cm³/mol. The van der Waals surface area contributed by atoms with E-state index in [0.29, 0.717) is 18.1 Å². The monoisotopic (exact) mass is 241 g/mol. The Hall–Kier alpha value is -0.120. The number of likely N-dealkylation sites (tertiary alicyclic amines) is 1. The van der Waals surface area contributed by atoms with E-state index >= 15 is 0 Å². The highest BCUT2D eigenvalue weighted by molar-refractivity contribution is 4.82. The number of hydrogen-bond acceptors (Lipinski definition) is 3. The minimum Gasteiger partial charge on any atom is -0.310 e. The molecular weight excluding hydrogens is 210 g/mol. The lowest BCUT2D eigenvalue weighted by atomic mass is 10.2. The second kappa shape index (κ2) is 7.34. The fourth-order valence-electron chi connectivity index (χ4n) is 2.47. The summed E-state index contributed by atoms with van der Waals surface area (Å²) < 4.78 is 0. The van der Waals surface area contributed by atoms with E-state index in [0.717, 1.165) is 0 Å². The van der Waals surface area contributed by atoms with Crippen LogP contribution in [-0.2, 0) is 0 Å². The van der Waals surface area contributed by atoms with Crippen LogP contribution in [0.1, 0.15) is 40.5 Å². The first-order valence-electron chi connectivity index (χ1n) is 7.21. The number of nitrogens with one attached hydrogen (secondary N) is 1. The van der Waals surface area contributed by atoms with Crippen LogP contribution in [0, 0.1) is 0 Å². The van der Waals surface area contributed by atoms with Crippen LogP contribution in [-0.4, -0.2) is 61.2 Å². The van der Waals surface area contributed by atoms with Gasteiger partial charge in [-0.3, -0.25) is 0 Å². The summed E-state index contributed by atoms with van der Waals surface area (Å²) in [4.78, 5) is 5.07. The van der Waals surface area contributed by atoms with Crippen LogP contribution in [0.15, 0.2) is 0 Å². The summed E-state index contributed by atoms with van der Waals surface area (Å²) in [7, 11) is 2.24. The van der Waals surface area contributed by atoms with Crippen LogP contribution in [0.3, 0.4) is 0 Å². The SMILES string of the molecule is CCC(C)N(C)CCN1CCC(NC(C)C)C1. The molecule has 1 aliphatic rings. The van der Waals surface area contributed by atoms with Crippen molar-refractivity contribution >= 4 is 0 Å². The standard InChI is InChI=1S/C14H31N3/c1-6-13(4)16(5)9-10-17-8-7-14(11-17)15-12(2)3/h12-15H,6-11H2,1-5H3. The second-order valence-electron chi connectivity index (χ2n) is 5.85. The third kappa shape index (κ3) is 5.36. The number of hydrogen-bond donors (Lipinski definition) is 1. The van der Waals surface area contributed by atoms with E-state index in [1.807, 2.05) is 0 Å². The van der Waals surface area contributed by atoms with Gasteiger partial charge in [-0.2, -0.15) is 0 Å². The maximum Gasteiger partial charge on any atom is 0.0209 e. The van der Waals surface area contributed by atoms with Gasteiger partial charge in [0.1, 0.15) is 0 Å². The normalized spacial score (nSPS) is 23.8. The molecule has 1 heterocycles. The molecule has 0 spiro atoms. The van der Waals surface area contributed by atoms with Gasteiger partial charge in [0.05, 0.1) is 0 Å². The average molecular weight is 241 g/mol. The van der Waals surface area contributed by atoms with Crippen LogP contribution >= 0.6 is 0 Å². The minimum absolute atomic E-state index is 0.614. The smallest absolute Gasteiger partial charge is 0.0209 e. The molecule has 0 aromatic heterocycles. The van der Waals surface area contributed by atoms with Crippen LogP contribution in [0.5, 0.6) is 0 Å². The molecule has 0 aromatic rings. The Morgan fingerprint density at radius 2 is 2.06 bits per heavy atom. The minimum atomic E-state index is 0.614. The van der Waals surface area contributed by atoms with Gasteiger partial charge in [-0.1, -0.05) is 20.8 Å². The topological polar surface area (TPSA) is 18.5 Å². The molecular formula is C14H31N3. The molecule has 0 aromatic carbocycles. The highest BCUT2D eigenvalue weighted by Crippen LogP contribution is 2.10. The second-order valence-corrected chi connectivity index (χ2v) is 5.85. The fourth-order valence-corrected chi connectivity index (χ4v) is 2.47. The quantitative estimate of drug-likeness (QED) is 0.733. The van der Waals surface area contributed by atoms with Crippen LogP contribution < -0.4 is 5.32 Å². The summed E-state index contributed by atoms with van der Waals surface area (Å²) in [5.41, 5.74) is 0. The average Bonchev–Trinajstić information content (AvgIpc) is 2.71. The fraction of sp³-hybridized carbons (Fsp3) is 1.00. The summed E-state index contributed by atoms with van der Waals surface area (Å²) in [6.45, 7) is 14.0. The van der Waals surface area contributed by atoms with Gasteiger partial charge in [-0.05, 0) is 33.4 Å². The molecule has 17 heavy (non-hydrogen) atoms. The molecule has 1 aliphatic heterocycles. The van der Waals surface area contributed by atoms with Crippen molar-refractivity contribution in [1.29, 1.82) is 0 Å². The van der Waals surface area contributed by atoms with Crippen LogP contribution in [0.25, 0.3) is 0 Å². The number of rotatable bonds is 7. The van der Waals surface area contributed by atoms with E-state index in [1.54, 1.807) is 0 Å². The van der Waals surface area contributed by atoms with Crippen LogP contribution in [0.2, 0.25) is 0 Å². The van der Waals surface area contributed by atoms with Crippen molar-refractivity contribution in [3.8, 4) is 0 Å². The first kappa shape index (κ1) is 14.9. The van der Waals surface area contributed by atoms with Crippen molar-refractivity contribution in [3.05, 3.63) is 0 Å². The van der Waals surface area contributed by atoms with Crippen molar-refractivity contribution in [2.24, 2.45) is 0 Å². The number of nitrogens with zero attached hydrogens (tertiary/aromatic N) is 2. The Morgan fingerprint density at radius 3 is 2.65 bits per heavy atom. The van der Waals surface area contributed by atoms with E-state index in [2.05, 4.69) is 49.9 Å². The zero-order valence-electron chi connectivity index (χ0n) is 12.4. The van der Waals surface area contributed by atoms with Gasteiger partial charge < -0.3 is 15.1 Å². The first-order valence-corrected chi connectivity index (χ1v) is 7.21. The summed E-state index contributed by atoms with van der Waals surface area (Å²) in [5, 5.41) is 3.64. The van der Waals surface area contributed by atoms with E-state index < -0.39 is 0 Å². The maximum absolute atomic E-state index is 3.64. The molecule has 0 aliphatic carbocycles. The highest BCUT2D eigenvalue weighted by Gasteiger charge is 2.22. The zero-order chi connectivity index (χ0) is 12.8. The Bertz CT molecular complexity index is 206. The molecule has 0 saturated carbocycles. The summed E-state index contributed by atoms with van der Waals surface area (Å²) in [5.74, 6) is 0.